The predicted octanol–water partition coefficient (Wildman–Crippen LogP) is 3.05. The van der Waals surface area contributed by atoms with Crippen molar-refractivity contribution in [1.29, 1.82) is 0 Å². The van der Waals surface area contributed by atoms with Crippen LogP contribution in [0.15, 0.2) is 53.5 Å². The van der Waals surface area contributed by atoms with E-state index < -0.39 is 0 Å². The maximum Gasteiger partial charge on any atom is 0.286 e. The van der Waals surface area contributed by atoms with E-state index in [4.69, 9.17) is 4.74 Å². The number of nitrogens with zero attached hydrogens (tertiary/aromatic N) is 2. The van der Waals surface area contributed by atoms with Gasteiger partial charge in [-0.25, -0.2) is 0 Å². The molecule has 0 spiro atoms. The van der Waals surface area contributed by atoms with Gasteiger partial charge in [-0.15, -0.1) is 0 Å². The van der Waals surface area contributed by atoms with Gasteiger partial charge in [0.1, 0.15) is 5.75 Å². The standard InChI is InChI=1S/C17H16N2O2S/c1-12-7-6-10-14-16(12)19(2)17(22-14)18-15(20)11-21-13-8-4-3-5-9-13/h3-10H,11H2,1-2H3. The highest BCUT2D eigenvalue weighted by atomic mass is 32.1. The van der Waals surface area contributed by atoms with Crippen LogP contribution in [0.5, 0.6) is 5.75 Å². The Morgan fingerprint density at radius 1 is 1.18 bits per heavy atom. The topological polar surface area (TPSA) is 43.6 Å². The first-order chi connectivity index (χ1) is 10.6. The first kappa shape index (κ1) is 14.5. The lowest BCUT2D eigenvalue weighted by Crippen LogP contribution is -2.17. The van der Waals surface area contributed by atoms with Gasteiger partial charge < -0.3 is 9.30 Å². The number of aryl methyl sites for hydroxylation is 2. The van der Waals surface area contributed by atoms with Crippen molar-refractivity contribution in [3.05, 3.63) is 58.9 Å². The van der Waals surface area contributed by atoms with E-state index in [1.165, 1.54) is 16.9 Å². The Balaban J connectivity index is 1.84. The Hall–Kier alpha value is -2.40. The first-order valence-electron chi connectivity index (χ1n) is 6.96. The van der Waals surface area contributed by atoms with Crippen molar-refractivity contribution in [3.8, 4) is 5.75 Å². The number of amides is 1. The molecule has 22 heavy (non-hydrogen) atoms. The third-order valence-electron chi connectivity index (χ3n) is 3.35. The molecule has 0 N–H and O–H groups in total. The van der Waals surface area contributed by atoms with E-state index in [2.05, 4.69) is 18.0 Å². The smallest absolute Gasteiger partial charge is 0.286 e. The zero-order valence-electron chi connectivity index (χ0n) is 12.4. The number of hydrogen-bond donors (Lipinski definition) is 0. The monoisotopic (exact) mass is 312 g/mol. The van der Waals surface area contributed by atoms with Crippen LogP contribution in [-0.2, 0) is 11.8 Å². The third kappa shape index (κ3) is 2.94. The normalized spacial score (nSPS) is 11.8. The Morgan fingerprint density at radius 3 is 2.68 bits per heavy atom. The van der Waals surface area contributed by atoms with Crippen LogP contribution >= 0.6 is 11.3 Å². The molecular weight excluding hydrogens is 296 g/mol. The van der Waals surface area contributed by atoms with Crippen molar-refractivity contribution >= 4 is 27.5 Å². The molecule has 3 rings (SSSR count). The number of rotatable bonds is 3. The summed E-state index contributed by atoms with van der Waals surface area (Å²) in [7, 11) is 1.93. The van der Waals surface area contributed by atoms with Crippen LogP contribution < -0.4 is 9.54 Å². The van der Waals surface area contributed by atoms with E-state index in [0.717, 1.165) is 10.2 Å². The van der Waals surface area contributed by atoms with E-state index in [1.807, 2.05) is 54.1 Å². The molecule has 0 saturated carbocycles. The van der Waals surface area contributed by atoms with Crippen LogP contribution in [0.1, 0.15) is 5.56 Å². The first-order valence-corrected chi connectivity index (χ1v) is 7.77. The van der Waals surface area contributed by atoms with Gasteiger partial charge in [0.15, 0.2) is 11.4 Å². The molecule has 0 radical (unpaired) electrons. The van der Waals surface area contributed by atoms with E-state index in [1.54, 1.807) is 0 Å². The number of aromatic nitrogens is 1. The van der Waals surface area contributed by atoms with Gasteiger partial charge in [0.05, 0.1) is 10.2 Å². The molecule has 1 amide bonds. The highest BCUT2D eigenvalue weighted by Crippen LogP contribution is 2.19. The summed E-state index contributed by atoms with van der Waals surface area (Å²) in [4.78, 5) is 16.9. The maximum absolute atomic E-state index is 12.0. The van der Waals surface area contributed by atoms with Crippen LogP contribution in [0.2, 0.25) is 0 Å². The fourth-order valence-electron chi connectivity index (χ4n) is 2.31. The molecule has 0 unspecified atom stereocenters. The second-order valence-electron chi connectivity index (χ2n) is 4.97. The molecule has 1 heterocycles. The molecule has 0 bridgehead atoms. The fourth-order valence-corrected chi connectivity index (χ4v) is 3.42. The molecule has 0 aliphatic rings. The summed E-state index contributed by atoms with van der Waals surface area (Å²) in [5.41, 5.74) is 2.29. The number of para-hydroxylation sites is 2. The summed E-state index contributed by atoms with van der Waals surface area (Å²) in [5, 5.41) is 0. The summed E-state index contributed by atoms with van der Waals surface area (Å²) in [6, 6.07) is 15.4. The van der Waals surface area contributed by atoms with Crippen molar-refractivity contribution < 1.29 is 9.53 Å². The molecule has 0 saturated heterocycles. The lowest BCUT2D eigenvalue weighted by molar-refractivity contribution is -0.120. The minimum Gasteiger partial charge on any atom is -0.484 e. The van der Waals surface area contributed by atoms with Crippen LogP contribution in [0.3, 0.4) is 0 Å². The number of carbonyl (C=O) groups excluding carboxylic acids is 1. The maximum atomic E-state index is 12.0. The molecule has 0 aliphatic heterocycles. The predicted molar refractivity (Wildman–Crippen MR) is 88.0 cm³/mol. The average Bonchev–Trinajstić information content (AvgIpc) is 2.84. The Labute approximate surface area is 132 Å². The van der Waals surface area contributed by atoms with Crippen molar-refractivity contribution in [1.82, 2.24) is 4.57 Å². The van der Waals surface area contributed by atoms with Gasteiger partial charge in [0.25, 0.3) is 5.91 Å². The van der Waals surface area contributed by atoms with Gasteiger partial charge in [-0.3, -0.25) is 4.79 Å². The number of ether oxygens (including phenoxy) is 1. The van der Waals surface area contributed by atoms with E-state index in [0.29, 0.717) is 10.6 Å². The molecule has 0 atom stereocenters. The highest BCUT2D eigenvalue weighted by Gasteiger charge is 2.07. The van der Waals surface area contributed by atoms with Crippen LogP contribution in [0.4, 0.5) is 0 Å². The van der Waals surface area contributed by atoms with Gasteiger partial charge in [-0.05, 0) is 30.7 Å². The van der Waals surface area contributed by atoms with Crippen LogP contribution in [0.25, 0.3) is 10.2 Å². The van der Waals surface area contributed by atoms with Gasteiger partial charge in [-0.2, -0.15) is 4.99 Å². The minimum atomic E-state index is -0.288. The van der Waals surface area contributed by atoms with Gasteiger partial charge >= 0.3 is 0 Å². The minimum absolute atomic E-state index is 0.0583. The molecule has 0 aliphatic carbocycles. The molecule has 5 heteroatoms. The number of carbonyl (C=O) groups is 1. The fraction of sp³-hybridized carbons (Fsp3) is 0.176. The van der Waals surface area contributed by atoms with Crippen molar-refractivity contribution in [2.45, 2.75) is 6.92 Å². The molecule has 2 aromatic carbocycles. The summed E-state index contributed by atoms with van der Waals surface area (Å²) in [6.45, 7) is 2.00. The Morgan fingerprint density at radius 2 is 1.95 bits per heavy atom. The molecule has 0 fully saturated rings. The lowest BCUT2D eigenvalue weighted by Gasteiger charge is -2.02. The summed E-state index contributed by atoms with van der Waals surface area (Å²) in [5.74, 6) is 0.381. The van der Waals surface area contributed by atoms with Crippen molar-refractivity contribution in [2.75, 3.05) is 6.61 Å². The van der Waals surface area contributed by atoms with Crippen molar-refractivity contribution in [3.63, 3.8) is 0 Å². The Kier molecular flexibility index (Phi) is 4.06. The van der Waals surface area contributed by atoms with Crippen molar-refractivity contribution in [2.24, 2.45) is 12.0 Å². The number of fused-ring (bicyclic) bond motifs is 1. The Bertz CT molecular complexity index is 879. The number of benzene rings is 2. The van der Waals surface area contributed by atoms with E-state index >= 15 is 0 Å². The largest absolute Gasteiger partial charge is 0.484 e. The molecule has 3 aromatic rings. The summed E-state index contributed by atoms with van der Waals surface area (Å²) in [6.07, 6.45) is 0. The van der Waals surface area contributed by atoms with Gasteiger partial charge in [-0.1, -0.05) is 41.7 Å². The lowest BCUT2D eigenvalue weighted by atomic mass is 10.2. The highest BCUT2D eigenvalue weighted by molar-refractivity contribution is 7.16. The van der Waals surface area contributed by atoms with Crippen LogP contribution in [0, 0.1) is 6.92 Å². The second kappa shape index (κ2) is 6.15. The molecular formula is C17H16N2O2S. The van der Waals surface area contributed by atoms with E-state index in [-0.39, 0.29) is 12.5 Å². The SMILES string of the molecule is Cc1cccc2sc(=NC(=O)COc3ccccc3)n(C)c12. The average molecular weight is 312 g/mol. The summed E-state index contributed by atoms with van der Waals surface area (Å²) < 4.78 is 8.51. The quantitative estimate of drug-likeness (QED) is 0.746. The zero-order chi connectivity index (χ0) is 15.5. The summed E-state index contributed by atoms with van der Waals surface area (Å²) >= 11 is 1.51. The molecule has 4 nitrogen and oxygen atoms in total. The molecule has 112 valence electrons. The zero-order valence-corrected chi connectivity index (χ0v) is 13.3. The number of hydrogen-bond acceptors (Lipinski definition) is 3. The third-order valence-corrected chi connectivity index (χ3v) is 4.45. The van der Waals surface area contributed by atoms with E-state index in [9.17, 15) is 4.79 Å². The van der Waals surface area contributed by atoms with Crippen LogP contribution in [-0.4, -0.2) is 17.1 Å². The van der Waals surface area contributed by atoms with Gasteiger partial charge in [0, 0.05) is 7.05 Å². The second-order valence-corrected chi connectivity index (χ2v) is 5.98. The van der Waals surface area contributed by atoms with Gasteiger partial charge in [0.2, 0.25) is 0 Å². The number of thiazole rings is 1. The molecule has 1 aromatic heterocycles.